The minimum absolute atomic E-state index is 0.0918. The van der Waals surface area contributed by atoms with Gasteiger partial charge in [0.2, 0.25) is 0 Å². The molecule has 1 aliphatic heterocycles. The third-order valence-corrected chi connectivity index (χ3v) is 4.05. The summed E-state index contributed by atoms with van der Waals surface area (Å²) in [5.74, 6) is -1.06. The molecule has 0 aliphatic carbocycles. The second-order valence-electron chi connectivity index (χ2n) is 4.35. The molecular weight excluding hydrogens is 284 g/mol. The predicted octanol–water partition coefficient (Wildman–Crippen LogP) is 1.32. The first-order valence-electron chi connectivity index (χ1n) is 5.99. The zero-order valence-corrected chi connectivity index (χ0v) is 12.0. The van der Waals surface area contributed by atoms with Crippen LogP contribution >= 0.6 is 11.3 Å². The van der Waals surface area contributed by atoms with Crippen LogP contribution in [-0.4, -0.2) is 61.5 Å². The number of rotatable bonds is 4. The maximum atomic E-state index is 12.1. The Bertz CT molecular complexity index is 492. The number of aromatic carboxylic acids is 1. The highest BCUT2D eigenvalue weighted by Gasteiger charge is 2.35. The van der Waals surface area contributed by atoms with Crippen molar-refractivity contribution in [2.24, 2.45) is 0 Å². The van der Waals surface area contributed by atoms with Crippen molar-refractivity contribution in [3.8, 4) is 0 Å². The Kier molecular flexibility index (Phi) is 4.58. The van der Waals surface area contributed by atoms with Gasteiger partial charge in [-0.3, -0.25) is 5.32 Å². The van der Waals surface area contributed by atoms with Gasteiger partial charge in [-0.25, -0.2) is 9.59 Å². The van der Waals surface area contributed by atoms with E-state index >= 15 is 0 Å². The zero-order chi connectivity index (χ0) is 14.7. The van der Waals surface area contributed by atoms with Crippen LogP contribution in [0.5, 0.6) is 0 Å². The fourth-order valence-electron chi connectivity index (χ4n) is 2.11. The maximum Gasteiger partial charge on any atom is 0.338 e. The minimum atomic E-state index is -1.06. The molecule has 1 aromatic heterocycles. The minimum Gasteiger partial charge on any atom is -0.478 e. The van der Waals surface area contributed by atoms with Gasteiger partial charge in [0.25, 0.3) is 0 Å². The molecule has 8 heteroatoms. The molecule has 1 aliphatic rings. The van der Waals surface area contributed by atoms with Crippen molar-refractivity contribution in [3.05, 3.63) is 17.0 Å². The lowest BCUT2D eigenvalue weighted by Crippen LogP contribution is -2.34. The van der Waals surface area contributed by atoms with E-state index < -0.39 is 5.97 Å². The van der Waals surface area contributed by atoms with Gasteiger partial charge in [-0.15, -0.1) is 11.3 Å². The van der Waals surface area contributed by atoms with Gasteiger partial charge in [-0.05, 0) is 11.4 Å². The zero-order valence-electron chi connectivity index (χ0n) is 11.2. The van der Waals surface area contributed by atoms with Gasteiger partial charge in [0.1, 0.15) is 17.2 Å². The van der Waals surface area contributed by atoms with Crippen molar-refractivity contribution in [2.75, 3.05) is 32.6 Å². The van der Waals surface area contributed by atoms with Crippen LogP contribution in [-0.2, 0) is 9.47 Å². The number of urea groups is 1. The van der Waals surface area contributed by atoms with Crippen molar-refractivity contribution in [1.29, 1.82) is 0 Å². The average molecular weight is 300 g/mol. The lowest BCUT2D eigenvalue weighted by atomic mass is 10.3. The van der Waals surface area contributed by atoms with Gasteiger partial charge in [-0.1, -0.05) is 0 Å². The third-order valence-electron chi connectivity index (χ3n) is 3.22. The first-order valence-corrected chi connectivity index (χ1v) is 6.87. The summed E-state index contributed by atoms with van der Waals surface area (Å²) >= 11 is 1.18. The highest BCUT2D eigenvalue weighted by Crippen LogP contribution is 2.24. The molecule has 110 valence electrons. The number of hydrogen-bond acceptors (Lipinski definition) is 5. The van der Waals surface area contributed by atoms with Crippen LogP contribution in [0.1, 0.15) is 10.4 Å². The van der Waals surface area contributed by atoms with Crippen molar-refractivity contribution in [2.45, 2.75) is 12.2 Å². The number of carboxylic acids is 1. The summed E-state index contributed by atoms with van der Waals surface area (Å²) in [7, 11) is 3.14. The van der Waals surface area contributed by atoms with Gasteiger partial charge in [0.15, 0.2) is 0 Å². The van der Waals surface area contributed by atoms with E-state index in [4.69, 9.17) is 14.6 Å². The van der Waals surface area contributed by atoms with E-state index in [-0.39, 0.29) is 23.8 Å². The van der Waals surface area contributed by atoms with Crippen LogP contribution in [0.15, 0.2) is 11.4 Å². The Hall–Kier alpha value is -1.64. The van der Waals surface area contributed by atoms with E-state index in [9.17, 15) is 9.59 Å². The van der Waals surface area contributed by atoms with Gasteiger partial charge in [0, 0.05) is 14.2 Å². The molecule has 7 nitrogen and oxygen atoms in total. The number of carboxylic acid groups (broad SMARTS) is 1. The monoisotopic (exact) mass is 300 g/mol. The molecule has 20 heavy (non-hydrogen) atoms. The second kappa shape index (κ2) is 6.21. The molecule has 2 rings (SSSR count). The predicted molar refractivity (Wildman–Crippen MR) is 73.5 cm³/mol. The summed E-state index contributed by atoms with van der Waals surface area (Å²) in [6.07, 6.45) is -0.346. The van der Waals surface area contributed by atoms with Crippen molar-refractivity contribution >= 4 is 28.3 Å². The first-order chi connectivity index (χ1) is 9.56. The van der Waals surface area contributed by atoms with Crippen molar-refractivity contribution < 1.29 is 24.2 Å². The molecular formula is C12H16N2O5S. The molecule has 1 saturated heterocycles. The molecule has 2 amide bonds. The Morgan fingerprint density at radius 2 is 1.95 bits per heavy atom. The third kappa shape index (κ3) is 2.92. The highest BCUT2D eigenvalue weighted by atomic mass is 32.1. The molecule has 0 bridgehead atoms. The molecule has 2 N–H and O–H groups in total. The van der Waals surface area contributed by atoms with Gasteiger partial charge >= 0.3 is 12.0 Å². The van der Waals surface area contributed by atoms with E-state index in [1.165, 1.54) is 17.4 Å². The summed E-state index contributed by atoms with van der Waals surface area (Å²) in [5.41, 5.74) is 0.0918. The topological polar surface area (TPSA) is 88.1 Å². The molecule has 1 aromatic rings. The molecule has 0 saturated carbocycles. The Balaban J connectivity index is 2.02. The van der Waals surface area contributed by atoms with E-state index in [2.05, 4.69) is 5.32 Å². The SMILES string of the molecule is COC1CN(C(=O)Nc2sccc2C(=O)O)CC1OC. The van der Waals surface area contributed by atoms with Crippen LogP contribution in [0.3, 0.4) is 0 Å². The smallest absolute Gasteiger partial charge is 0.338 e. The van der Waals surface area contributed by atoms with Crippen LogP contribution in [0, 0.1) is 0 Å². The Morgan fingerprint density at radius 3 is 2.45 bits per heavy atom. The number of anilines is 1. The highest BCUT2D eigenvalue weighted by molar-refractivity contribution is 7.14. The van der Waals surface area contributed by atoms with Gasteiger partial charge in [-0.2, -0.15) is 0 Å². The maximum absolute atomic E-state index is 12.1. The molecule has 0 aromatic carbocycles. The number of amides is 2. The summed E-state index contributed by atoms with van der Waals surface area (Å²) < 4.78 is 10.5. The number of methoxy groups -OCH3 is 2. The van der Waals surface area contributed by atoms with E-state index in [0.717, 1.165) is 0 Å². The first kappa shape index (κ1) is 14.8. The standard InChI is InChI=1S/C12H16N2O5S/c1-18-8-5-14(6-9(8)19-2)12(17)13-10-7(11(15)16)3-4-20-10/h3-4,8-9H,5-6H2,1-2H3,(H,13,17)(H,15,16). The fourth-order valence-corrected chi connectivity index (χ4v) is 2.88. The normalized spacial score (nSPS) is 22.0. The molecule has 0 radical (unpaired) electrons. The summed E-state index contributed by atoms with van der Waals surface area (Å²) in [6, 6.07) is 1.11. The molecule has 0 spiro atoms. The number of carbonyl (C=O) groups is 2. The van der Waals surface area contributed by atoms with Crippen LogP contribution < -0.4 is 5.32 Å². The number of ether oxygens (including phenoxy) is 2. The molecule has 2 heterocycles. The number of hydrogen-bond donors (Lipinski definition) is 2. The lowest BCUT2D eigenvalue weighted by Gasteiger charge is -2.16. The van der Waals surface area contributed by atoms with Crippen LogP contribution in [0.4, 0.5) is 9.80 Å². The Morgan fingerprint density at radius 1 is 1.35 bits per heavy atom. The number of carbonyl (C=O) groups excluding carboxylic acids is 1. The largest absolute Gasteiger partial charge is 0.478 e. The molecule has 2 unspecified atom stereocenters. The van der Waals surface area contributed by atoms with Crippen molar-refractivity contribution in [1.82, 2.24) is 4.90 Å². The Labute approximate surface area is 120 Å². The van der Waals surface area contributed by atoms with Crippen LogP contribution in [0.25, 0.3) is 0 Å². The molecule has 2 atom stereocenters. The van der Waals surface area contributed by atoms with Gasteiger partial charge < -0.3 is 19.5 Å². The van der Waals surface area contributed by atoms with E-state index in [1.807, 2.05) is 0 Å². The van der Waals surface area contributed by atoms with E-state index in [1.54, 1.807) is 24.5 Å². The summed E-state index contributed by atoms with van der Waals surface area (Å²) in [4.78, 5) is 24.7. The summed E-state index contributed by atoms with van der Waals surface area (Å²) in [5, 5.41) is 13.6. The number of likely N-dealkylation sites (tertiary alicyclic amines) is 1. The second-order valence-corrected chi connectivity index (χ2v) is 5.27. The lowest BCUT2D eigenvalue weighted by molar-refractivity contribution is -0.00461. The fraction of sp³-hybridized carbons (Fsp3) is 0.500. The van der Waals surface area contributed by atoms with Gasteiger partial charge in [0.05, 0.1) is 18.7 Å². The quantitative estimate of drug-likeness (QED) is 0.875. The van der Waals surface area contributed by atoms with Crippen LogP contribution in [0.2, 0.25) is 0 Å². The number of nitrogens with zero attached hydrogens (tertiary/aromatic N) is 1. The molecule has 1 fully saturated rings. The number of nitrogens with one attached hydrogen (secondary N) is 1. The number of thiophene rings is 1. The average Bonchev–Trinajstić information content (AvgIpc) is 3.03. The summed E-state index contributed by atoms with van der Waals surface area (Å²) in [6.45, 7) is 0.823. The van der Waals surface area contributed by atoms with E-state index in [0.29, 0.717) is 18.1 Å². The van der Waals surface area contributed by atoms with Crippen molar-refractivity contribution in [3.63, 3.8) is 0 Å².